The molecule has 1 saturated heterocycles. The zero-order valence-electron chi connectivity index (χ0n) is 24.8. The van der Waals surface area contributed by atoms with Gasteiger partial charge in [0.15, 0.2) is 16.8 Å². The Hall–Kier alpha value is -2.79. The molecule has 9 nitrogen and oxygen atoms in total. The van der Waals surface area contributed by atoms with Crippen LogP contribution in [0.5, 0.6) is 0 Å². The van der Waals surface area contributed by atoms with E-state index in [1.54, 1.807) is 12.2 Å². The molecule has 2 unspecified atom stereocenters. The van der Waals surface area contributed by atoms with Crippen molar-refractivity contribution >= 4 is 46.2 Å². The molecule has 1 fully saturated rings. The summed E-state index contributed by atoms with van der Waals surface area (Å²) in [4.78, 5) is 40.2. The van der Waals surface area contributed by atoms with Crippen LogP contribution < -0.4 is 26.4 Å². The fourth-order valence-electron chi connectivity index (χ4n) is 5.70. The van der Waals surface area contributed by atoms with Crippen LogP contribution in [-0.2, 0) is 6.54 Å². The second kappa shape index (κ2) is 14.1. The summed E-state index contributed by atoms with van der Waals surface area (Å²) in [5.74, 6) is 0.823. The number of piperazine rings is 1. The average molecular weight is 621 g/mol. The summed E-state index contributed by atoms with van der Waals surface area (Å²) in [6, 6.07) is 0.712. The molecule has 228 valence electrons. The number of anilines is 4. The van der Waals surface area contributed by atoms with Crippen LogP contribution >= 0.6 is 23.2 Å². The summed E-state index contributed by atoms with van der Waals surface area (Å²) in [5.41, 5.74) is 0.620. The minimum atomic E-state index is -0.552. The van der Waals surface area contributed by atoms with Crippen molar-refractivity contribution in [3.63, 3.8) is 0 Å². The van der Waals surface area contributed by atoms with Gasteiger partial charge in [-0.3, -0.25) is 14.5 Å². The van der Waals surface area contributed by atoms with Gasteiger partial charge in [0.25, 0.3) is 10.9 Å². The normalized spacial score (nSPS) is 18.8. The van der Waals surface area contributed by atoms with E-state index < -0.39 is 10.9 Å². The van der Waals surface area contributed by atoms with E-state index in [4.69, 9.17) is 28.2 Å². The first-order valence-corrected chi connectivity index (χ1v) is 15.3. The van der Waals surface area contributed by atoms with Crippen molar-refractivity contribution in [1.82, 2.24) is 19.8 Å². The van der Waals surface area contributed by atoms with E-state index in [-0.39, 0.29) is 23.7 Å². The lowest BCUT2D eigenvalue weighted by Gasteiger charge is -2.45. The van der Waals surface area contributed by atoms with Crippen LogP contribution in [0.4, 0.5) is 27.4 Å². The summed E-state index contributed by atoms with van der Waals surface area (Å²) < 4.78 is 14.0. The number of nitrogens with one attached hydrogen (secondary N) is 2. The molecule has 12 heteroatoms. The Morgan fingerprint density at radius 1 is 1.19 bits per heavy atom. The zero-order valence-corrected chi connectivity index (χ0v) is 26.3. The van der Waals surface area contributed by atoms with Gasteiger partial charge in [0, 0.05) is 43.3 Å². The van der Waals surface area contributed by atoms with Crippen molar-refractivity contribution in [2.75, 3.05) is 55.3 Å². The number of hydrogen-bond donors (Lipinski definition) is 2. The van der Waals surface area contributed by atoms with Gasteiger partial charge in [-0.15, -0.1) is 0 Å². The van der Waals surface area contributed by atoms with E-state index in [1.807, 2.05) is 0 Å². The zero-order chi connectivity index (χ0) is 30.6. The van der Waals surface area contributed by atoms with Crippen LogP contribution in [0, 0.1) is 0 Å². The lowest BCUT2D eigenvalue weighted by atomic mass is 10.0. The topological polar surface area (TPSA) is 93.7 Å². The van der Waals surface area contributed by atoms with Crippen LogP contribution in [0.3, 0.4) is 0 Å². The number of nitrogens with zero attached hydrogens (tertiary/aromatic N) is 5. The highest BCUT2D eigenvalue weighted by molar-refractivity contribution is 6.31. The SMILES string of the molecule is C=C(Cl)/C=C\C(CCN(C)CCC(CC)N1CCN(c2nc3c(nc2Cl)CNc2c(c(=O)c2=O)N3)CC1CC)=C(/C)F. The molecule has 2 aliphatic rings. The summed E-state index contributed by atoms with van der Waals surface area (Å²) in [6.07, 6.45) is 6.93. The van der Waals surface area contributed by atoms with Gasteiger partial charge >= 0.3 is 0 Å². The standard InChI is InChI=1S/C30H40Cl2FN7O2/c1-6-21(11-13-38(5)12-10-20(19(4)33)9-8-18(3)31)40-15-14-39(17-22(40)7-2)30-28(32)35-23-16-34-24-25(27(42)26(24)41)36-29(23)37-30/h8-9,21-22,34H,3,6-7,10-17H2,1-2,4-5H3,(H,36,37)/b9-8-,20-19-. The molecule has 4 rings (SSSR count). The van der Waals surface area contributed by atoms with E-state index in [9.17, 15) is 14.0 Å². The molecule has 1 aromatic heterocycles. The van der Waals surface area contributed by atoms with Gasteiger partial charge in [0.2, 0.25) is 0 Å². The Balaban J connectivity index is 1.38. The summed E-state index contributed by atoms with van der Waals surface area (Å²) >= 11 is 12.4. The maximum absolute atomic E-state index is 14.0. The van der Waals surface area contributed by atoms with Gasteiger partial charge in [-0.05, 0) is 57.8 Å². The van der Waals surface area contributed by atoms with Crippen molar-refractivity contribution < 1.29 is 4.39 Å². The number of rotatable bonds is 12. The Kier molecular flexibility index (Phi) is 10.8. The fourth-order valence-corrected chi connectivity index (χ4v) is 6.02. The number of allylic oxidation sites excluding steroid dienone is 4. The van der Waals surface area contributed by atoms with E-state index >= 15 is 0 Å². The molecular weight excluding hydrogens is 580 g/mol. The summed E-state index contributed by atoms with van der Waals surface area (Å²) in [5, 5.41) is 6.65. The van der Waals surface area contributed by atoms with Crippen LogP contribution in [0.1, 0.15) is 52.1 Å². The van der Waals surface area contributed by atoms with Crippen molar-refractivity contribution in [1.29, 1.82) is 0 Å². The smallest absolute Gasteiger partial charge is 0.253 e. The van der Waals surface area contributed by atoms with Gasteiger partial charge in [-0.25, -0.2) is 14.4 Å². The molecule has 0 aliphatic carbocycles. The Morgan fingerprint density at radius 2 is 1.93 bits per heavy atom. The van der Waals surface area contributed by atoms with E-state index in [1.165, 1.54) is 6.92 Å². The van der Waals surface area contributed by atoms with Gasteiger partial charge < -0.3 is 20.4 Å². The van der Waals surface area contributed by atoms with E-state index in [0.717, 1.165) is 52.0 Å². The minimum Gasteiger partial charge on any atom is -0.374 e. The third-order valence-electron chi connectivity index (χ3n) is 8.25. The third-order valence-corrected chi connectivity index (χ3v) is 8.63. The van der Waals surface area contributed by atoms with E-state index in [0.29, 0.717) is 51.6 Å². The Morgan fingerprint density at radius 3 is 2.60 bits per heavy atom. The molecule has 2 aliphatic heterocycles. The van der Waals surface area contributed by atoms with Crippen molar-refractivity contribution in [3.05, 3.63) is 66.5 Å². The molecule has 0 bridgehead atoms. The maximum Gasteiger partial charge on any atom is 0.253 e. The minimum absolute atomic E-state index is 0.201. The molecule has 2 atom stereocenters. The highest BCUT2D eigenvalue weighted by Gasteiger charge is 2.33. The highest BCUT2D eigenvalue weighted by atomic mass is 35.5. The van der Waals surface area contributed by atoms with Crippen molar-refractivity contribution in [3.8, 4) is 0 Å². The average Bonchev–Trinajstić information content (AvgIpc) is 3.13. The lowest BCUT2D eigenvalue weighted by molar-refractivity contribution is 0.0982. The molecule has 0 saturated carbocycles. The number of halogens is 3. The lowest BCUT2D eigenvalue weighted by Crippen LogP contribution is -2.57. The molecule has 3 heterocycles. The first kappa shape index (κ1) is 32.1. The van der Waals surface area contributed by atoms with Crippen molar-refractivity contribution in [2.24, 2.45) is 0 Å². The van der Waals surface area contributed by atoms with Gasteiger partial charge in [0.1, 0.15) is 22.9 Å². The Bertz CT molecular complexity index is 1430. The molecule has 2 aromatic rings. The molecule has 0 radical (unpaired) electrons. The molecule has 1 aromatic carbocycles. The monoisotopic (exact) mass is 619 g/mol. The van der Waals surface area contributed by atoms with Crippen LogP contribution in [0.25, 0.3) is 0 Å². The number of aromatic nitrogens is 2. The molecule has 0 spiro atoms. The van der Waals surface area contributed by atoms with Crippen molar-refractivity contribution in [2.45, 2.75) is 65.1 Å². The number of fused-ring (bicyclic) bond motifs is 2. The first-order valence-electron chi connectivity index (χ1n) is 14.5. The molecule has 2 N–H and O–H groups in total. The number of hydrogen-bond acceptors (Lipinski definition) is 9. The highest BCUT2D eigenvalue weighted by Crippen LogP contribution is 2.33. The summed E-state index contributed by atoms with van der Waals surface area (Å²) in [7, 11) is 2.08. The van der Waals surface area contributed by atoms with Crippen LogP contribution in [0.15, 0.2) is 44.8 Å². The van der Waals surface area contributed by atoms with Gasteiger partial charge in [0.05, 0.1) is 6.54 Å². The maximum atomic E-state index is 14.0. The molecule has 42 heavy (non-hydrogen) atoms. The van der Waals surface area contributed by atoms with Crippen LogP contribution in [-0.4, -0.2) is 71.6 Å². The first-order chi connectivity index (χ1) is 20.0. The van der Waals surface area contributed by atoms with Gasteiger partial charge in [-0.1, -0.05) is 49.7 Å². The Labute approximate surface area is 256 Å². The van der Waals surface area contributed by atoms with Crippen LogP contribution in [0.2, 0.25) is 5.15 Å². The summed E-state index contributed by atoms with van der Waals surface area (Å²) in [6.45, 7) is 13.8. The largest absolute Gasteiger partial charge is 0.374 e. The quantitative estimate of drug-likeness (QED) is 0.241. The predicted molar refractivity (Wildman–Crippen MR) is 171 cm³/mol. The second-order valence-electron chi connectivity index (χ2n) is 11.0. The predicted octanol–water partition coefficient (Wildman–Crippen LogP) is 5.34. The van der Waals surface area contributed by atoms with E-state index in [2.05, 4.69) is 57.8 Å². The molecule has 0 amide bonds. The fraction of sp³-hybridized carbons (Fsp3) is 0.533. The second-order valence-corrected chi connectivity index (χ2v) is 11.9. The van der Waals surface area contributed by atoms with Gasteiger partial charge in [-0.2, -0.15) is 0 Å². The molecular formula is C30H40Cl2FN7O2. The third kappa shape index (κ3) is 7.22.